The molecule has 0 saturated heterocycles. The molecule has 2 atom stereocenters. The molecular formula is C15H20FNO3. The first-order valence-electron chi connectivity index (χ1n) is 6.62. The van der Waals surface area contributed by atoms with Crippen molar-refractivity contribution >= 4 is 11.9 Å². The minimum absolute atomic E-state index is 0.265. The molecule has 20 heavy (non-hydrogen) atoms. The topological polar surface area (TPSA) is 66.4 Å². The Hall–Kier alpha value is -1.91. The van der Waals surface area contributed by atoms with E-state index in [4.69, 9.17) is 0 Å². The molecule has 0 bridgehead atoms. The first kappa shape index (κ1) is 16.1. The molecule has 0 heterocycles. The maximum absolute atomic E-state index is 12.9. The van der Waals surface area contributed by atoms with Crippen LogP contribution in [0.5, 0.6) is 0 Å². The predicted octanol–water partition coefficient (Wildman–Crippen LogP) is 2.68. The number of hydrogen-bond donors (Lipinski definition) is 2. The Labute approximate surface area is 118 Å². The van der Waals surface area contributed by atoms with Crippen molar-refractivity contribution < 1.29 is 19.1 Å². The van der Waals surface area contributed by atoms with Crippen LogP contribution in [0.15, 0.2) is 24.3 Å². The van der Waals surface area contributed by atoms with E-state index in [2.05, 4.69) is 5.32 Å². The second-order valence-corrected chi connectivity index (χ2v) is 5.12. The van der Waals surface area contributed by atoms with Gasteiger partial charge in [0.15, 0.2) is 5.54 Å². The number of carbonyl (C=O) groups excluding carboxylic acids is 1. The van der Waals surface area contributed by atoms with Gasteiger partial charge in [-0.3, -0.25) is 4.79 Å². The number of carbonyl (C=O) groups is 2. The van der Waals surface area contributed by atoms with Crippen LogP contribution in [0.4, 0.5) is 4.39 Å². The van der Waals surface area contributed by atoms with Gasteiger partial charge < -0.3 is 10.4 Å². The number of hydrogen-bond acceptors (Lipinski definition) is 2. The Morgan fingerprint density at radius 3 is 2.35 bits per heavy atom. The number of halogens is 1. The maximum atomic E-state index is 12.9. The van der Waals surface area contributed by atoms with E-state index in [1.165, 1.54) is 31.2 Å². The third-order valence-electron chi connectivity index (χ3n) is 3.39. The summed E-state index contributed by atoms with van der Waals surface area (Å²) in [6, 6.07) is 5.10. The van der Waals surface area contributed by atoms with Gasteiger partial charge in [0.05, 0.1) is 0 Å². The highest BCUT2D eigenvalue weighted by atomic mass is 19.1. The molecule has 1 aromatic rings. The highest BCUT2D eigenvalue weighted by molar-refractivity contribution is 5.88. The fourth-order valence-electron chi connectivity index (χ4n) is 1.97. The minimum atomic E-state index is -1.56. The molecule has 5 heteroatoms. The van der Waals surface area contributed by atoms with Crippen molar-refractivity contribution in [3.63, 3.8) is 0 Å². The molecule has 0 aliphatic heterocycles. The summed E-state index contributed by atoms with van der Waals surface area (Å²) >= 11 is 0. The second kappa shape index (κ2) is 6.50. The molecule has 0 radical (unpaired) electrons. The van der Waals surface area contributed by atoms with Crippen molar-refractivity contribution in [1.29, 1.82) is 0 Å². The molecule has 0 aromatic heterocycles. The molecule has 0 fully saturated rings. The van der Waals surface area contributed by atoms with E-state index >= 15 is 0 Å². The SMILES string of the molecule is CCCC(C)C(=O)NC(C)(C(=O)O)c1ccc(F)cc1. The first-order valence-corrected chi connectivity index (χ1v) is 6.62. The number of nitrogens with one attached hydrogen (secondary N) is 1. The fraction of sp³-hybridized carbons (Fsp3) is 0.467. The first-order chi connectivity index (χ1) is 9.31. The summed E-state index contributed by atoms with van der Waals surface area (Å²) in [7, 11) is 0. The lowest BCUT2D eigenvalue weighted by Crippen LogP contribution is -2.51. The molecule has 2 N–H and O–H groups in total. The van der Waals surface area contributed by atoms with Crippen molar-refractivity contribution in [3.05, 3.63) is 35.6 Å². The summed E-state index contributed by atoms with van der Waals surface area (Å²) in [5, 5.41) is 12.0. The monoisotopic (exact) mass is 281 g/mol. The number of carboxylic acid groups (broad SMARTS) is 1. The molecule has 4 nitrogen and oxygen atoms in total. The van der Waals surface area contributed by atoms with E-state index in [-0.39, 0.29) is 11.8 Å². The Kier molecular flexibility index (Phi) is 5.25. The Bertz CT molecular complexity index is 486. The van der Waals surface area contributed by atoms with E-state index in [1.54, 1.807) is 6.92 Å². The molecular weight excluding hydrogens is 261 g/mol. The standard InChI is InChI=1S/C15H20FNO3/c1-4-5-10(2)13(18)17-15(3,14(19)20)11-6-8-12(16)9-7-11/h6-10H,4-5H2,1-3H3,(H,17,18)(H,19,20). The van der Waals surface area contributed by atoms with Gasteiger partial charge in [-0.05, 0) is 31.0 Å². The van der Waals surface area contributed by atoms with Gasteiger partial charge in [-0.2, -0.15) is 0 Å². The van der Waals surface area contributed by atoms with E-state index in [0.29, 0.717) is 12.0 Å². The average molecular weight is 281 g/mol. The van der Waals surface area contributed by atoms with E-state index in [9.17, 15) is 19.1 Å². The lowest BCUT2D eigenvalue weighted by atomic mass is 9.91. The van der Waals surface area contributed by atoms with Gasteiger partial charge in [-0.1, -0.05) is 32.4 Å². The average Bonchev–Trinajstić information content (AvgIpc) is 2.39. The highest BCUT2D eigenvalue weighted by Gasteiger charge is 2.37. The highest BCUT2D eigenvalue weighted by Crippen LogP contribution is 2.22. The summed E-state index contributed by atoms with van der Waals surface area (Å²) in [6.45, 7) is 5.12. The van der Waals surface area contributed by atoms with Crippen LogP contribution in [0, 0.1) is 11.7 Å². The Morgan fingerprint density at radius 1 is 1.35 bits per heavy atom. The van der Waals surface area contributed by atoms with Crippen LogP contribution in [-0.2, 0) is 15.1 Å². The van der Waals surface area contributed by atoms with Gasteiger partial charge in [0, 0.05) is 5.92 Å². The van der Waals surface area contributed by atoms with Gasteiger partial charge in [-0.15, -0.1) is 0 Å². The van der Waals surface area contributed by atoms with E-state index < -0.39 is 17.3 Å². The molecule has 2 unspecified atom stereocenters. The maximum Gasteiger partial charge on any atom is 0.333 e. The van der Waals surface area contributed by atoms with Gasteiger partial charge in [0.2, 0.25) is 5.91 Å². The third kappa shape index (κ3) is 3.56. The number of aliphatic carboxylic acids is 1. The molecule has 1 amide bonds. The predicted molar refractivity (Wildman–Crippen MR) is 73.6 cm³/mol. The van der Waals surface area contributed by atoms with Crippen LogP contribution in [-0.4, -0.2) is 17.0 Å². The van der Waals surface area contributed by atoms with Crippen LogP contribution >= 0.6 is 0 Å². The molecule has 0 aliphatic carbocycles. The van der Waals surface area contributed by atoms with Crippen molar-refractivity contribution in [2.45, 2.75) is 39.2 Å². The summed E-state index contributed by atoms with van der Waals surface area (Å²) in [6.07, 6.45) is 1.53. The smallest absolute Gasteiger partial charge is 0.333 e. The van der Waals surface area contributed by atoms with Gasteiger partial charge in [0.1, 0.15) is 5.82 Å². The molecule has 0 aliphatic rings. The number of rotatable bonds is 6. The summed E-state index contributed by atoms with van der Waals surface area (Å²) < 4.78 is 12.9. The number of amides is 1. The van der Waals surface area contributed by atoms with Crippen LogP contribution < -0.4 is 5.32 Å². The lowest BCUT2D eigenvalue weighted by molar-refractivity contribution is -0.148. The molecule has 110 valence electrons. The minimum Gasteiger partial charge on any atom is -0.479 e. The van der Waals surface area contributed by atoms with Gasteiger partial charge in [-0.25, -0.2) is 9.18 Å². The van der Waals surface area contributed by atoms with E-state index in [1.807, 2.05) is 6.92 Å². The van der Waals surface area contributed by atoms with Crippen LogP contribution in [0.25, 0.3) is 0 Å². The van der Waals surface area contributed by atoms with Crippen LogP contribution in [0.3, 0.4) is 0 Å². The zero-order chi connectivity index (χ0) is 15.3. The van der Waals surface area contributed by atoms with Crippen molar-refractivity contribution in [2.24, 2.45) is 5.92 Å². The summed E-state index contributed by atoms with van der Waals surface area (Å²) in [4.78, 5) is 23.6. The van der Waals surface area contributed by atoms with Crippen molar-refractivity contribution in [1.82, 2.24) is 5.32 Å². The third-order valence-corrected chi connectivity index (χ3v) is 3.39. The fourth-order valence-corrected chi connectivity index (χ4v) is 1.97. The molecule has 0 spiro atoms. The summed E-state index contributed by atoms with van der Waals surface area (Å²) in [5.41, 5.74) is -1.23. The Balaban J connectivity index is 3.01. The normalized spacial score (nSPS) is 15.2. The quantitative estimate of drug-likeness (QED) is 0.842. The van der Waals surface area contributed by atoms with Gasteiger partial charge >= 0.3 is 5.97 Å². The van der Waals surface area contributed by atoms with Crippen molar-refractivity contribution in [3.8, 4) is 0 Å². The van der Waals surface area contributed by atoms with Gasteiger partial charge in [0.25, 0.3) is 0 Å². The van der Waals surface area contributed by atoms with Crippen molar-refractivity contribution in [2.75, 3.05) is 0 Å². The molecule has 1 aromatic carbocycles. The number of benzene rings is 1. The Morgan fingerprint density at radius 2 is 1.90 bits per heavy atom. The molecule has 0 saturated carbocycles. The summed E-state index contributed by atoms with van der Waals surface area (Å²) in [5.74, 6) is -2.21. The lowest BCUT2D eigenvalue weighted by Gasteiger charge is -2.28. The zero-order valence-electron chi connectivity index (χ0n) is 11.9. The van der Waals surface area contributed by atoms with E-state index in [0.717, 1.165) is 6.42 Å². The van der Waals surface area contributed by atoms with Crippen LogP contribution in [0.2, 0.25) is 0 Å². The number of carboxylic acids is 1. The molecule has 1 rings (SSSR count). The van der Waals surface area contributed by atoms with Crippen LogP contribution in [0.1, 0.15) is 39.2 Å². The second-order valence-electron chi connectivity index (χ2n) is 5.12. The zero-order valence-corrected chi connectivity index (χ0v) is 11.9. The largest absolute Gasteiger partial charge is 0.479 e.